The molecule has 1 saturated heterocycles. The summed E-state index contributed by atoms with van der Waals surface area (Å²) in [6.45, 7) is 3.69. The number of nitrogens with two attached hydrogens (primary N) is 2. The first kappa shape index (κ1) is 18.0. The van der Waals surface area contributed by atoms with Gasteiger partial charge in [0.1, 0.15) is 0 Å². The second-order valence-corrected chi connectivity index (χ2v) is 7.25. The molecule has 140 valence electrons. The molecule has 0 unspecified atom stereocenters. The Kier molecular flexibility index (Phi) is 5.02. The van der Waals surface area contributed by atoms with Crippen molar-refractivity contribution < 1.29 is 0 Å². The summed E-state index contributed by atoms with van der Waals surface area (Å²) >= 11 is 0. The van der Waals surface area contributed by atoms with Gasteiger partial charge >= 0.3 is 0 Å². The van der Waals surface area contributed by atoms with Gasteiger partial charge in [-0.15, -0.1) is 0 Å². The number of hydrogen-bond donors (Lipinski definition) is 2. The number of benzene rings is 2. The van der Waals surface area contributed by atoms with Crippen LogP contribution in [0.3, 0.4) is 0 Å². The van der Waals surface area contributed by atoms with Gasteiger partial charge in [-0.1, -0.05) is 0 Å². The molecule has 0 atom stereocenters. The van der Waals surface area contributed by atoms with E-state index in [0.29, 0.717) is 0 Å². The van der Waals surface area contributed by atoms with Crippen LogP contribution in [0.15, 0.2) is 36.4 Å². The van der Waals surface area contributed by atoms with E-state index in [9.17, 15) is 0 Å². The molecule has 6 heteroatoms. The van der Waals surface area contributed by atoms with Crippen molar-refractivity contribution in [2.24, 2.45) is 0 Å². The maximum absolute atomic E-state index is 6.24. The van der Waals surface area contributed by atoms with Crippen LogP contribution in [0, 0.1) is 0 Å². The zero-order chi connectivity index (χ0) is 18.8. The maximum atomic E-state index is 6.24. The molecule has 0 spiro atoms. The third-order valence-corrected chi connectivity index (χ3v) is 5.02. The quantitative estimate of drug-likeness (QED) is 0.822. The average Bonchev–Trinajstić information content (AvgIpc) is 2.62. The standard InChI is InChI=1S/C20H30N6/c1-23(2)15-5-7-17(21)19(13-15)25-9-11-26(12-10-25)20-14-16(24(3)4)6-8-18(20)22/h5-8,13-14H,9-12,21-22H2,1-4H3. The molecule has 0 radical (unpaired) electrons. The molecule has 0 aliphatic carbocycles. The van der Waals surface area contributed by atoms with Crippen molar-refractivity contribution in [1.82, 2.24) is 0 Å². The summed E-state index contributed by atoms with van der Waals surface area (Å²) in [6.07, 6.45) is 0. The van der Waals surface area contributed by atoms with E-state index in [4.69, 9.17) is 11.5 Å². The summed E-state index contributed by atoms with van der Waals surface area (Å²) in [5.41, 5.74) is 18.7. The fourth-order valence-electron chi connectivity index (χ4n) is 3.36. The van der Waals surface area contributed by atoms with E-state index in [2.05, 4.69) is 43.9 Å². The van der Waals surface area contributed by atoms with Gasteiger partial charge in [-0.3, -0.25) is 0 Å². The molecule has 0 bridgehead atoms. The number of nitrogens with zero attached hydrogens (tertiary/aromatic N) is 4. The summed E-state index contributed by atoms with van der Waals surface area (Å²) in [7, 11) is 8.20. The molecule has 6 nitrogen and oxygen atoms in total. The summed E-state index contributed by atoms with van der Waals surface area (Å²) in [6, 6.07) is 12.5. The van der Waals surface area contributed by atoms with Gasteiger partial charge in [-0.2, -0.15) is 0 Å². The highest BCUT2D eigenvalue weighted by Gasteiger charge is 2.21. The van der Waals surface area contributed by atoms with Crippen molar-refractivity contribution in [3.05, 3.63) is 36.4 Å². The minimum Gasteiger partial charge on any atom is -0.397 e. The molecule has 1 aliphatic rings. The molecule has 2 aromatic rings. The molecule has 1 aliphatic heterocycles. The fraction of sp³-hybridized carbons (Fsp3) is 0.400. The number of anilines is 6. The van der Waals surface area contributed by atoms with E-state index in [1.807, 2.05) is 40.3 Å². The first-order valence-corrected chi connectivity index (χ1v) is 9.00. The zero-order valence-electron chi connectivity index (χ0n) is 16.2. The first-order chi connectivity index (χ1) is 12.4. The molecule has 2 aromatic carbocycles. The van der Waals surface area contributed by atoms with E-state index >= 15 is 0 Å². The molecule has 1 fully saturated rings. The summed E-state index contributed by atoms with van der Waals surface area (Å²) in [5, 5.41) is 0. The average molecular weight is 355 g/mol. The second kappa shape index (κ2) is 7.23. The minimum absolute atomic E-state index is 0.832. The van der Waals surface area contributed by atoms with E-state index in [-0.39, 0.29) is 0 Å². The summed E-state index contributed by atoms with van der Waals surface area (Å²) in [5.74, 6) is 0. The first-order valence-electron chi connectivity index (χ1n) is 9.00. The number of nitrogen functional groups attached to an aromatic ring is 2. The van der Waals surface area contributed by atoms with E-state index in [1.54, 1.807) is 0 Å². The smallest absolute Gasteiger partial charge is 0.0621 e. The lowest BCUT2D eigenvalue weighted by Crippen LogP contribution is -2.47. The predicted molar refractivity (Wildman–Crippen MR) is 115 cm³/mol. The van der Waals surface area contributed by atoms with Crippen LogP contribution in [0.5, 0.6) is 0 Å². The van der Waals surface area contributed by atoms with Crippen LogP contribution in [-0.2, 0) is 0 Å². The lowest BCUT2D eigenvalue weighted by molar-refractivity contribution is 0.655. The molecule has 0 aromatic heterocycles. The highest BCUT2D eigenvalue weighted by Crippen LogP contribution is 2.32. The Morgan fingerprint density at radius 3 is 1.31 bits per heavy atom. The Bertz CT molecular complexity index is 697. The van der Waals surface area contributed by atoms with Gasteiger partial charge in [-0.25, -0.2) is 0 Å². The Labute approximate surface area is 156 Å². The molecule has 1 heterocycles. The number of rotatable bonds is 4. The van der Waals surface area contributed by atoms with Crippen molar-refractivity contribution in [3.63, 3.8) is 0 Å². The van der Waals surface area contributed by atoms with Gasteiger partial charge in [0.2, 0.25) is 0 Å². The minimum atomic E-state index is 0.832. The van der Waals surface area contributed by atoms with E-state index < -0.39 is 0 Å². The van der Waals surface area contributed by atoms with Crippen LogP contribution in [-0.4, -0.2) is 54.4 Å². The van der Waals surface area contributed by atoms with Gasteiger partial charge in [0.25, 0.3) is 0 Å². The maximum Gasteiger partial charge on any atom is 0.0621 e. The van der Waals surface area contributed by atoms with Crippen molar-refractivity contribution in [3.8, 4) is 0 Å². The van der Waals surface area contributed by atoms with Crippen molar-refractivity contribution >= 4 is 34.1 Å². The largest absolute Gasteiger partial charge is 0.397 e. The zero-order valence-corrected chi connectivity index (χ0v) is 16.2. The molecule has 26 heavy (non-hydrogen) atoms. The van der Waals surface area contributed by atoms with Crippen LogP contribution < -0.4 is 31.1 Å². The second-order valence-electron chi connectivity index (χ2n) is 7.25. The third-order valence-electron chi connectivity index (χ3n) is 5.02. The lowest BCUT2D eigenvalue weighted by Gasteiger charge is -2.38. The summed E-state index contributed by atoms with van der Waals surface area (Å²) < 4.78 is 0. The monoisotopic (exact) mass is 354 g/mol. The number of piperazine rings is 1. The normalized spacial score (nSPS) is 14.5. The van der Waals surface area contributed by atoms with Gasteiger partial charge in [0, 0.05) is 65.7 Å². The highest BCUT2D eigenvalue weighted by molar-refractivity contribution is 5.76. The van der Waals surface area contributed by atoms with Crippen LogP contribution in [0.4, 0.5) is 34.1 Å². The van der Waals surface area contributed by atoms with Crippen LogP contribution in [0.2, 0.25) is 0 Å². The highest BCUT2D eigenvalue weighted by atomic mass is 15.3. The Balaban J connectivity index is 1.76. The van der Waals surface area contributed by atoms with Crippen LogP contribution >= 0.6 is 0 Å². The van der Waals surface area contributed by atoms with E-state index in [0.717, 1.165) is 48.9 Å². The number of hydrogen-bond acceptors (Lipinski definition) is 6. The Morgan fingerprint density at radius 1 is 0.654 bits per heavy atom. The summed E-state index contributed by atoms with van der Waals surface area (Å²) in [4.78, 5) is 8.94. The van der Waals surface area contributed by atoms with Crippen molar-refractivity contribution in [1.29, 1.82) is 0 Å². The molecular weight excluding hydrogens is 324 g/mol. The molecule has 0 saturated carbocycles. The molecule has 3 rings (SSSR count). The SMILES string of the molecule is CN(C)c1ccc(N)c(N2CCN(c3cc(N(C)C)ccc3N)CC2)c1. The third kappa shape index (κ3) is 3.59. The topological polar surface area (TPSA) is 65.0 Å². The van der Waals surface area contributed by atoms with Crippen molar-refractivity contribution in [2.45, 2.75) is 0 Å². The van der Waals surface area contributed by atoms with Gasteiger partial charge in [0.15, 0.2) is 0 Å². The Morgan fingerprint density at radius 2 is 1.00 bits per heavy atom. The predicted octanol–water partition coefficient (Wildman–Crippen LogP) is 2.31. The lowest BCUT2D eigenvalue weighted by atomic mass is 10.1. The Hall–Kier alpha value is -2.76. The molecule has 4 N–H and O–H groups in total. The van der Waals surface area contributed by atoms with Crippen molar-refractivity contribution in [2.75, 3.05) is 85.4 Å². The molecular formula is C20H30N6. The van der Waals surface area contributed by atoms with Gasteiger partial charge in [-0.05, 0) is 36.4 Å². The van der Waals surface area contributed by atoms with Crippen LogP contribution in [0.25, 0.3) is 0 Å². The van der Waals surface area contributed by atoms with E-state index in [1.165, 1.54) is 11.4 Å². The van der Waals surface area contributed by atoms with Crippen LogP contribution in [0.1, 0.15) is 0 Å². The molecule has 0 amide bonds. The van der Waals surface area contributed by atoms with Gasteiger partial charge in [0.05, 0.1) is 22.7 Å². The fourth-order valence-corrected chi connectivity index (χ4v) is 3.36. The van der Waals surface area contributed by atoms with Gasteiger partial charge < -0.3 is 31.1 Å².